The lowest BCUT2D eigenvalue weighted by molar-refractivity contribution is -0.132. The van der Waals surface area contributed by atoms with Crippen LogP contribution in [0, 0.1) is 0 Å². The van der Waals surface area contributed by atoms with Gasteiger partial charge in [-0.3, -0.25) is 9.69 Å². The highest BCUT2D eigenvalue weighted by atomic mass is 16.3. The summed E-state index contributed by atoms with van der Waals surface area (Å²) in [6, 6.07) is 12.0. The third kappa shape index (κ3) is 2.36. The van der Waals surface area contributed by atoms with Crippen LogP contribution in [0.1, 0.15) is 18.5 Å². The van der Waals surface area contributed by atoms with Crippen LogP contribution in [0.25, 0.3) is 5.69 Å². The van der Waals surface area contributed by atoms with E-state index in [1.807, 2.05) is 30.3 Å². The fourth-order valence-electron chi connectivity index (χ4n) is 2.79. The molecule has 1 fully saturated rings. The van der Waals surface area contributed by atoms with E-state index in [9.17, 15) is 9.59 Å². The van der Waals surface area contributed by atoms with Crippen molar-refractivity contribution in [2.24, 2.45) is 0 Å². The summed E-state index contributed by atoms with van der Waals surface area (Å²) in [5.74, 6) is 0.324. The summed E-state index contributed by atoms with van der Waals surface area (Å²) in [5, 5.41) is 14.2. The van der Waals surface area contributed by atoms with Crippen LogP contribution in [0.5, 0.6) is 0 Å². The number of urea groups is 1. The SMILES string of the molecule is CC1(c2ccco2)NC(=O)N(Cc2nnnn2-c2ccccc2)C1=O. The van der Waals surface area contributed by atoms with Crippen LogP contribution in [-0.2, 0) is 16.9 Å². The predicted molar refractivity (Wildman–Crippen MR) is 84.3 cm³/mol. The minimum atomic E-state index is -1.24. The Kier molecular flexibility index (Phi) is 3.34. The van der Waals surface area contributed by atoms with Crippen LogP contribution in [-0.4, -0.2) is 37.0 Å². The zero-order valence-electron chi connectivity index (χ0n) is 13.3. The maximum atomic E-state index is 12.8. The minimum Gasteiger partial charge on any atom is -0.466 e. The molecule has 0 bridgehead atoms. The number of imide groups is 1. The molecule has 1 aliphatic heterocycles. The quantitative estimate of drug-likeness (QED) is 0.717. The van der Waals surface area contributed by atoms with E-state index < -0.39 is 17.5 Å². The zero-order chi connectivity index (χ0) is 17.4. The van der Waals surface area contributed by atoms with Crippen molar-refractivity contribution in [2.75, 3.05) is 0 Å². The average molecular weight is 338 g/mol. The van der Waals surface area contributed by atoms with Gasteiger partial charge in [-0.25, -0.2) is 4.79 Å². The summed E-state index contributed by atoms with van der Waals surface area (Å²) in [6.45, 7) is 1.55. The summed E-state index contributed by atoms with van der Waals surface area (Å²) in [4.78, 5) is 26.2. The summed E-state index contributed by atoms with van der Waals surface area (Å²) in [6.07, 6.45) is 1.46. The second kappa shape index (κ2) is 5.55. The number of nitrogens with one attached hydrogen (secondary N) is 1. The fraction of sp³-hybridized carbons (Fsp3) is 0.188. The number of carbonyl (C=O) groups is 2. The highest BCUT2D eigenvalue weighted by Gasteiger charge is 2.51. The monoisotopic (exact) mass is 338 g/mol. The standard InChI is InChI=1S/C16H14N6O3/c1-16(12-8-5-9-25-12)14(23)21(15(24)17-16)10-13-18-19-20-22(13)11-6-3-2-4-7-11/h2-9H,10H2,1H3,(H,17,24). The molecule has 3 amide bonds. The Balaban J connectivity index is 1.64. The first-order valence-corrected chi connectivity index (χ1v) is 7.60. The van der Waals surface area contributed by atoms with Crippen molar-refractivity contribution in [3.05, 3.63) is 60.3 Å². The molecule has 1 aromatic carbocycles. The molecule has 0 radical (unpaired) electrons. The van der Waals surface area contributed by atoms with Crippen LogP contribution in [0.3, 0.4) is 0 Å². The lowest BCUT2D eigenvalue weighted by Gasteiger charge is -2.18. The van der Waals surface area contributed by atoms with Gasteiger partial charge in [0.25, 0.3) is 5.91 Å². The summed E-state index contributed by atoms with van der Waals surface area (Å²) >= 11 is 0. The first kappa shape index (κ1) is 15.1. The van der Waals surface area contributed by atoms with E-state index in [1.54, 1.807) is 19.1 Å². The average Bonchev–Trinajstić information content (AvgIpc) is 3.34. The summed E-state index contributed by atoms with van der Waals surface area (Å²) < 4.78 is 6.80. The van der Waals surface area contributed by atoms with Gasteiger partial charge in [-0.2, -0.15) is 4.68 Å². The van der Waals surface area contributed by atoms with Gasteiger partial charge in [0.05, 0.1) is 18.5 Å². The molecule has 3 heterocycles. The molecule has 0 aliphatic carbocycles. The Hall–Kier alpha value is -3.49. The van der Waals surface area contributed by atoms with Crippen molar-refractivity contribution in [1.29, 1.82) is 0 Å². The van der Waals surface area contributed by atoms with E-state index in [4.69, 9.17) is 4.42 Å². The maximum absolute atomic E-state index is 12.8. The Morgan fingerprint density at radius 2 is 1.96 bits per heavy atom. The third-order valence-corrected chi connectivity index (χ3v) is 4.12. The van der Waals surface area contributed by atoms with Gasteiger partial charge in [-0.1, -0.05) is 18.2 Å². The molecule has 0 saturated carbocycles. The predicted octanol–water partition coefficient (Wildman–Crippen LogP) is 1.22. The van der Waals surface area contributed by atoms with E-state index in [-0.39, 0.29) is 6.54 Å². The number of hydrogen-bond acceptors (Lipinski definition) is 6. The Morgan fingerprint density at radius 3 is 2.68 bits per heavy atom. The lowest BCUT2D eigenvalue weighted by Crippen LogP contribution is -2.40. The molecule has 25 heavy (non-hydrogen) atoms. The number of tetrazole rings is 1. The topological polar surface area (TPSA) is 106 Å². The van der Waals surface area contributed by atoms with Crippen molar-refractivity contribution in [3.63, 3.8) is 0 Å². The summed E-state index contributed by atoms with van der Waals surface area (Å²) in [5.41, 5.74) is -0.505. The molecular weight excluding hydrogens is 324 g/mol. The zero-order valence-corrected chi connectivity index (χ0v) is 13.3. The number of hydrogen-bond donors (Lipinski definition) is 1. The lowest BCUT2D eigenvalue weighted by atomic mass is 9.99. The molecule has 1 unspecified atom stereocenters. The number of amides is 3. The molecule has 126 valence electrons. The van der Waals surface area contributed by atoms with Crippen LogP contribution in [0.4, 0.5) is 4.79 Å². The minimum absolute atomic E-state index is 0.0527. The van der Waals surface area contributed by atoms with Gasteiger partial charge in [-0.05, 0) is 41.6 Å². The first-order valence-electron chi connectivity index (χ1n) is 7.60. The number of para-hydroxylation sites is 1. The molecule has 9 nitrogen and oxygen atoms in total. The molecule has 3 aromatic rings. The van der Waals surface area contributed by atoms with Crippen LogP contribution >= 0.6 is 0 Å². The highest BCUT2D eigenvalue weighted by molar-refractivity contribution is 6.06. The molecule has 9 heteroatoms. The third-order valence-electron chi connectivity index (χ3n) is 4.12. The van der Waals surface area contributed by atoms with Crippen molar-refractivity contribution < 1.29 is 14.0 Å². The number of aromatic nitrogens is 4. The van der Waals surface area contributed by atoms with Crippen LogP contribution in [0.15, 0.2) is 53.1 Å². The molecule has 1 aliphatic rings. The first-order chi connectivity index (χ1) is 12.1. The second-order valence-electron chi connectivity index (χ2n) is 5.77. The Morgan fingerprint density at radius 1 is 1.16 bits per heavy atom. The molecular formula is C16H14N6O3. The van der Waals surface area contributed by atoms with Crippen molar-refractivity contribution in [2.45, 2.75) is 19.0 Å². The van der Waals surface area contributed by atoms with Crippen LogP contribution < -0.4 is 5.32 Å². The Bertz CT molecular complexity index is 921. The normalized spacial score (nSPS) is 20.1. The number of furan rings is 1. The van der Waals surface area contributed by atoms with Gasteiger partial charge in [0.1, 0.15) is 5.76 Å². The van der Waals surface area contributed by atoms with E-state index in [0.717, 1.165) is 10.6 Å². The van der Waals surface area contributed by atoms with Gasteiger partial charge in [0.2, 0.25) is 0 Å². The van der Waals surface area contributed by atoms with E-state index in [1.165, 1.54) is 10.9 Å². The number of benzene rings is 1. The van der Waals surface area contributed by atoms with Gasteiger partial charge >= 0.3 is 6.03 Å². The van der Waals surface area contributed by atoms with Gasteiger partial charge < -0.3 is 9.73 Å². The van der Waals surface area contributed by atoms with Crippen molar-refractivity contribution in [3.8, 4) is 5.69 Å². The molecule has 1 atom stereocenters. The number of nitrogens with zero attached hydrogens (tertiary/aromatic N) is 5. The molecule has 2 aromatic heterocycles. The fourth-order valence-corrected chi connectivity index (χ4v) is 2.79. The number of rotatable bonds is 4. The molecule has 0 spiro atoms. The van der Waals surface area contributed by atoms with E-state index in [0.29, 0.717) is 11.6 Å². The maximum Gasteiger partial charge on any atom is 0.325 e. The second-order valence-corrected chi connectivity index (χ2v) is 5.77. The molecule has 1 saturated heterocycles. The largest absolute Gasteiger partial charge is 0.466 e. The van der Waals surface area contributed by atoms with Gasteiger partial charge in [0.15, 0.2) is 11.4 Å². The molecule has 1 N–H and O–H groups in total. The van der Waals surface area contributed by atoms with E-state index >= 15 is 0 Å². The number of carbonyl (C=O) groups excluding carboxylic acids is 2. The molecule has 4 rings (SSSR count). The Labute approximate surface area is 142 Å². The smallest absolute Gasteiger partial charge is 0.325 e. The van der Waals surface area contributed by atoms with Crippen molar-refractivity contribution in [1.82, 2.24) is 30.4 Å². The van der Waals surface area contributed by atoms with Gasteiger partial charge in [-0.15, -0.1) is 5.10 Å². The van der Waals surface area contributed by atoms with Crippen molar-refractivity contribution >= 4 is 11.9 Å². The highest BCUT2D eigenvalue weighted by Crippen LogP contribution is 2.29. The van der Waals surface area contributed by atoms with Gasteiger partial charge in [0, 0.05) is 0 Å². The van der Waals surface area contributed by atoms with E-state index in [2.05, 4.69) is 20.8 Å². The van der Waals surface area contributed by atoms with Crippen LogP contribution in [0.2, 0.25) is 0 Å². The summed E-state index contributed by atoms with van der Waals surface area (Å²) in [7, 11) is 0.